The third-order valence-corrected chi connectivity index (χ3v) is 4.77. The molecule has 3 aromatic rings. The van der Waals surface area contributed by atoms with Gasteiger partial charge in [-0.05, 0) is 17.7 Å². The zero-order valence-corrected chi connectivity index (χ0v) is 13.7. The maximum atomic E-state index is 12.6. The van der Waals surface area contributed by atoms with Crippen LogP contribution in [0.5, 0.6) is 5.75 Å². The Morgan fingerprint density at radius 3 is 2.57 bits per heavy atom. The van der Waals surface area contributed by atoms with Crippen LogP contribution in [0.25, 0.3) is 21.3 Å². The summed E-state index contributed by atoms with van der Waals surface area (Å²) in [4.78, 5) is 25.6. The van der Waals surface area contributed by atoms with Gasteiger partial charge in [0.1, 0.15) is 10.6 Å². The minimum absolute atomic E-state index is 0.280. The Bertz CT molecular complexity index is 994. The van der Waals surface area contributed by atoms with Gasteiger partial charge in [-0.25, -0.2) is 4.79 Å². The molecule has 0 aliphatic heterocycles. The smallest absolute Gasteiger partial charge is 0.332 e. The Hall–Kier alpha value is -2.60. The first-order valence-electron chi connectivity index (χ1n) is 7.04. The molecular weight excluding hydrogens is 312 g/mol. The predicted molar refractivity (Wildman–Crippen MR) is 93.5 cm³/mol. The van der Waals surface area contributed by atoms with E-state index in [1.807, 2.05) is 29.6 Å². The minimum Gasteiger partial charge on any atom is -0.497 e. The monoisotopic (exact) mass is 328 g/mol. The summed E-state index contributed by atoms with van der Waals surface area (Å²) < 4.78 is 7.88. The lowest BCUT2D eigenvalue weighted by Crippen LogP contribution is -2.37. The van der Waals surface area contributed by atoms with Crippen LogP contribution in [0.3, 0.4) is 0 Å². The second kappa shape index (κ2) is 5.89. The number of methoxy groups -OCH3 is 1. The van der Waals surface area contributed by atoms with Gasteiger partial charge in [0.15, 0.2) is 0 Å². The summed E-state index contributed by atoms with van der Waals surface area (Å²) in [5.74, 6) is 0.754. The van der Waals surface area contributed by atoms with Crippen LogP contribution in [0.2, 0.25) is 0 Å². The summed E-state index contributed by atoms with van der Waals surface area (Å²) in [7, 11) is 3.11. The fourth-order valence-electron chi connectivity index (χ4n) is 2.55. The number of nitrogens with zero attached hydrogens (tertiary/aromatic N) is 2. The highest BCUT2D eigenvalue weighted by atomic mass is 32.1. The van der Waals surface area contributed by atoms with E-state index in [4.69, 9.17) is 4.74 Å². The standard InChI is InChI=1S/C17H16N2O3S/c1-4-9-19-16-14(15(20)18(2)17(19)21)13(10-23-16)11-5-7-12(22-3)8-6-11/h4-8,10H,1,9H2,2-3H3. The molecule has 5 nitrogen and oxygen atoms in total. The molecule has 0 unspecified atom stereocenters. The molecule has 0 radical (unpaired) electrons. The van der Waals surface area contributed by atoms with Crippen LogP contribution < -0.4 is 16.0 Å². The first-order valence-corrected chi connectivity index (χ1v) is 7.92. The van der Waals surface area contributed by atoms with Crippen LogP contribution in [-0.4, -0.2) is 16.2 Å². The number of thiophene rings is 1. The summed E-state index contributed by atoms with van der Waals surface area (Å²) in [6.45, 7) is 4.05. The number of aromatic nitrogens is 2. The Morgan fingerprint density at radius 1 is 1.26 bits per heavy atom. The summed E-state index contributed by atoms with van der Waals surface area (Å²) >= 11 is 1.39. The van der Waals surface area contributed by atoms with Crippen molar-refractivity contribution in [2.24, 2.45) is 7.05 Å². The molecule has 0 amide bonds. The molecular formula is C17H16N2O3S. The van der Waals surface area contributed by atoms with Gasteiger partial charge < -0.3 is 4.74 Å². The quantitative estimate of drug-likeness (QED) is 0.692. The van der Waals surface area contributed by atoms with Crippen LogP contribution in [0.1, 0.15) is 0 Å². The van der Waals surface area contributed by atoms with Crippen molar-refractivity contribution < 1.29 is 4.74 Å². The number of rotatable bonds is 4. The molecule has 2 aromatic heterocycles. The molecule has 0 bridgehead atoms. The van der Waals surface area contributed by atoms with E-state index in [2.05, 4.69) is 6.58 Å². The Kier molecular flexibility index (Phi) is 3.92. The second-order valence-corrected chi connectivity index (χ2v) is 5.96. The molecule has 0 saturated carbocycles. The van der Waals surface area contributed by atoms with Crippen LogP contribution in [0.15, 0.2) is 51.9 Å². The normalized spacial score (nSPS) is 10.9. The average Bonchev–Trinajstić information content (AvgIpc) is 3.01. The molecule has 0 N–H and O–H groups in total. The van der Waals surface area contributed by atoms with Gasteiger partial charge in [0.2, 0.25) is 0 Å². The van der Waals surface area contributed by atoms with Crippen LogP contribution in [-0.2, 0) is 13.6 Å². The lowest BCUT2D eigenvalue weighted by Gasteiger charge is -2.08. The van der Waals surface area contributed by atoms with Crippen molar-refractivity contribution in [2.75, 3.05) is 7.11 Å². The maximum Gasteiger partial charge on any atom is 0.332 e. The van der Waals surface area contributed by atoms with Gasteiger partial charge in [-0.3, -0.25) is 13.9 Å². The Labute approximate surface area is 136 Å². The number of fused-ring (bicyclic) bond motifs is 1. The third kappa shape index (κ3) is 2.41. The zero-order valence-electron chi connectivity index (χ0n) is 12.9. The van der Waals surface area contributed by atoms with Crippen LogP contribution in [0, 0.1) is 0 Å². The van der Waals surface area contributed by atoms with Gasteiger partial charge in [-0.1, -0.05) is 18.2 Å². The van der Waals surface area contributed by atoms with E-state index in [9.17, 15) is 9.59 Å². The molecule has 23 heavy (non-hydrogen) atoms. The maximum absolute atomic E-state index is 12.6. The van der Waals surface area contributed by atoms with Gasteiger partial charge in [-0.2, -0.15) is 0 Å². The highest BCUT2D eigenvalue weighted by Crippen LogP contribution is 2.32. The van der Waals surface area contributed by atoms with Gasteiger partial charge in [-0.15, -0.1) is 17.9 Å². The molecule has 0 fully saturated rings. The minimum atomic E-state index is -0.328. The van der Waals surface area contributed by atoms with E-state index in [1.165, 1.54) is 18.4 Å². The first kappa shape index (κ1) is 15.3. The number of allylic oxidation sites excluding steroid dienone is 1. The van der Waals surface area contributed by atoms with Crippen molar-refractivity contribution in [3.8, 4) is 16.9 Å². The fourth-order valence-corrected chi connectivity index (χ4v) is 3.63. The summed E-state index contributed by atoms with van der Waals surface area (Å²) in [5, 5.41) is 2.47. The number of benzene rings is 1. The third-order valence-electron chi connectivity index (χ3n) is 3.77. The van der Waals surface area contributed by atoms with Gasteiger partial charge in [0.25, 0.3) is 5.56 Å². The van der Waals surface area contributed by atoms with Gasteiger partial charge in [0, 0.05) is 24.5 Å². The van der Waals surface area contributed by atoms with E-state index in [1.54, 1.807) is 17.8 Å². The Morgan fingerprint density at radius 2 is 1.96 bits per heavy atom. The van der Waals surface area contributed by atoms with Crippen molar-refractivity contribution >= 4 is 21.6 Å². The van der Waals surface area contributed by atoms with E-state index in [-0.39, 0.29) is 11.2 Å². The highest BCUT2D eigenvalue weighted by Gasteiger charge is 2.16. The fraction of sp³-hybridized carbons (Fsp3) is 0.176. The number of hydrogen-bond acceptors (Lipinski definition) is 4. The number of ether oxygens (including phenoxy) is 1. The zero-order chi connectivity index (χ0) is 16.6. The summed E-state index contributed by atoms with van der Waals surface area (Å²) in [5.41, 5.74) is 1.13. The highest BCUT2D eigenvalue weighted by molar-refractivity contribution is 7.17. The van der Waals surface area contributed by atoms with Crippen molar-refractivity contribution in [3.05, 3.63) is 63.1 Å². The molecule has 0 atom stereocenters. The molecule has 0 aliphatic carbocycles. The van der Waals surface area contributed by atoms with Crippen LogP contribution >= 0.6 is 11.3 Å². The SMILES string of the molecule is C=CCn1c(=O)n(C)c(=O)c2c(-c3ccc(OC)cc3)csc21. The molecule has 2 heterocycles. The molecule has 0 spiro atoms. The van der Waals surface area contributed by atoms with Crippen molar-refractivity contribution in [3.63, 3.8) is 0 Å². The van der Waals surface area contributed by atoms with Crippen LogP contribution in [0.4, 0.5) is 0 Å². The largest absolute Gasteiger partial charge is 0.497 e. The number of hydrogen-bond donors (Lipinski definition) is 0. The van der Waals surface area contributed by atoms with Gasteiger partial charge in [0.05, 0.1) is 12.5 Å². The molecule has 6 heteroatoms. The van der Waals surface area contributed by atoms with Crippen molar-refractivity contribution in [1.82, 2.24) is 9.13 Å². The van der Waals surface area contributed by atoms with Gasteiger partial charge >= 0.3 is 5.69 Å². The van der Waals surface area contributed by atoms with E-state index in [0.29, 0.717) is 16.8 Å². The lowest BCUT2D eigenvalue weighted by molar-refractivity contribution is 0.415. The topological polar surface area (TPSA) is 53.2 Å². The van der Waals surface area contributed by atoms with E-state index >= 15 is 0 Å². The summed E-state index contributed by atoms with van der Waals surface area (Å²) in [6.07, 6.45) is 1.65. The average molecular weight is 328 g/mol. The van der Waals surface area contributed by atoms with Crippen molar-refractivity contribution in [2.45, 2.75) is 6.54 Å². The van der Waals surface area contributed by atoms with E-state index < -0.39 is 0 Å². The lowest BCUT2D eigenvalue weighted by atomic mass is 10.1. The molecule has 0 saturated heterocycles. The molecule has 1 aromatic carbocycles. The van der Waals surface area contributed by atoms with E-state index in [0.717, 1.165) is 21.4 Å². The molecule has 3 rings (SSSR count). The predicted octanol–water partition coefficient (Wildman–Crippen LogP) is 2.62. The summed E-state index contributed by atoms with van der Waals surface area (Å²) in [6, 6.07) is 7.51. The second-order valence-electron chi connectivity index (χ2n) is 5.10. The Balaban J connectivity index is 2.33. The first-order chi connectivity index (χ1) is 11.1. The van der Waals surface area contributed by atoms with Crippen molar-refractivity contribution in [1.29, 1.82) is 0 Å². The molecule has 0 aliphatic rings. The molecule has 118 valence electrons.